The number of hydrogen-bond acceptors (Lipinski definition) is 5. The van der Waals surface area contributed by atoms with Crippen molar-refractivity contribution in [1.29, 1.82) is 0 Å². The van der Waals surface area contributed by atoms with Gasteiger partial charge in [-0.05, 0) is 29.8 Å². The van der Waals surface area contributed by atoms with Crippen LogP contribution >= 0.6 is 0 Å². The zero-order valence-electron chi connectivity index (χ0n) is 10.3. The first-order valence-electron chi connectivity index (χ1n) is 6.07. The lowest BCUT2D eigenvalue weighted by molar-refractivity contribution is 0.456. The van der Waals surface area contributed by atoms with Crippen LogP contribution in [0.4, 0.5) is 0 Å². The molecule has 3 rings (SSSR count). The molecule has 19 heavy (non-hydrogen) atoms. The Balaban J connectivity index is 1.59. The van der Waals surface area contributed by atoms with Crippen LogP contribution in [0, 0.1) is 0 Å². The molecule has 0 spiro atoms. The van der Waals surface area contributed by atoms with Gasteiger partial charge in [-0.1, -0.05) is 6.07 Å². The molecule has 7 heteroatoms. The zero-order valence-corrected chi connectivity index (χ0v) is 10.3. The maximum Gasteiger partial charge on any atom is 0.162 e. The summed E-state index contributed by atoms with van der Waals surface area (Å²) in [5, 5.41) is 15.9. The second kappa shape index (κ2) is 5.38. The van der Waals surface area contributed by atoms with Crippen molar-refractivity contribution >= 4 is 0 Å². The van der Waals surface area contributed by atoms with Gasteiger partial charge in [0.05, 0.1) is 12.2 Å². The third-order valence-corrected chi connectivity index (χ3v) is 2.70. The van der Waals surface area contributed by atoms with Crippen LogP contribution in [0.3, 0.4) is 0 Å². The van der Waals surface area contributed by atoms with E-state index in [0.29, 0.717) is 0 Å². The van der Waals surface area contributed by atoms with Gasteiger partial charge in [-0.3, -0.25) is 9.67 Å². The van der Waals surface area contributed by atoms with Crippen LogP contribution in [-0.2, 0) is 13.1 Å². The molecule has 0 fully saturated rings. The molecule has 0 atom stereocenters. The highest BCUT2D eigenvalue weighted by Crippen LogP contribution is 2.12. The third kappa shape index (κ3) is 2.82. The second-order valence-electron chi connectivity index (χ2n) is 4.06. The first-order valence-corrected chi connectivity index (χ1v) is 6.07. The van der Waals surface area contributed by atoms with E-state index in [2.05, 4.69) is 25.5 Å². The number of nitrogens with zero attached hydrogens (tertiary/aromatic N) is 7. The lowest BCUT2D eigenvalue weighted by Gasteiger charge is -2.00. The Hall–Kier alpha value is -2.57. The molecule has 0 saturated carbocycles. The van der Waals surface area contributed by atoms with Crippen molar-refractivity contribution in [1.82, 2.24) is 35.0 Å². The molecule has 3 aromatic heterocycles. The topological polar surface area (TPSA) is 74.3 Å². The zero-order chi connectivity index (χ0) is 12.9. The Morgan fingerprint density at radius 2 is 2.05 bits per heavy atom. The van der Waals surface area contributed by atoms with Crippen molar-refractivity contribution in [2.45, 2.75) is 19.5 Å². The SMILES string of the molecule is c1ccc(-c2ccn(CCCn3ncnn3)n2)nc1. The summed E-state index contributed by atoms with van der Waals surface area (Å²) in [5.74, 6) is 0. The second-order valence-corrected chi connectivity index (χ2v) is 4.06. The van der Waals surface area contributed by atoms with Crippen LogP contribution < -0.4 is 0 Å². The van der Waals surface area contributed by atoms with Gasteiger partial charge in [-0.25, -0.2) is 0 Å². The molecule has 0 aliphatic carbocycles. The minimum absolute atomic E-state index is 0.735. The molecular formula is C12H13N7. The van der Waals surface area contributed by atoms with Crippen molar-refractivity contribution in [3.8, 4) is 11.4 Å². The maximum atomic E-state index is 4.49. The van der Waals surface area contributed by atoms with Crippen molar-refractivity contribution in [3.63, 3.8) is 0 Å². The Kier molecular flexibility index (Phi) is 3.26. The van der Waals surface area contributed by atoms with Gasteiger partial charge in [-0.2, -0.15) is 9.90 Å². The smallest absolute Gasteiger partial charge is 0.162 e. The molecule has 3 heterocycles. The molecule has 0 aliphatic rings. The summed E-state index contributed by atoms with van der Waals surface area (Å²) >= 11 is 0. The Morgan fingerprint density at radius 1 is 1.05 bits per heavy atom. The van der Waals surface area contributed by atoms with E-state index >= 15 is 0 Å². The van der Waals surface area contributed by atoms with E-state index in [0.717, 1.165) is 30.9 Å². The van der Waals surface area contributed by atoms with Gasteiger partial charge in [0.25, 0.3) is 0 Å². The summed E-state index contributed by atoms with van der Waals surface area (Å²) in [6.45, 7) is 1.55. The largest absolute Gasteiger partial charge is 0.272 e. The third-order valence-electron chi connectivity index (χ3n) is 2.70. The first-order chi connectivity index (χ1) is 9.42. The fourth-order valence-corrected chi connectivity index (χ4v) is 1.80. The Morgan fingerprint density at radius 3 is 2.84 bits per heavy atom. The molecule has 0 saturated heterocycles. The van der Waals surface area contributed by atoms with Gasteiger partial charge in [0.2, 0.25) is 0 Å². The molecule has 0 amide bonds. The molecule has 0 aromatic carbocycles. The lowest BCUT2D eigenvalue weighted by atomic mass is 10.3. The predicted octanol–water partition coefficient (Wildman–Crippen LogP) is 1.02. The fraction of sp³-hybridized carbons (Fsp3) is 0.250. The minimum atomic E-state index is 0.735. The Labute approximate surface area is 109 Å². The van der Waals surface area contributed by atoms with Crippen LogP contribution in [0.25, 0.3) is 11.4 Å². The van der Waals surface area contributed by atoms with Crippen LogP contribution in [-0.4, -0.2) is 35.0 Å². The number of aryl methyl sites for hydroxylation is 2. The average molecular weight is 255 g/mol. The van der Waals surface area contributed by atoms with Crippen LogP contribution in [0.15, 0.2) is 43.0 Å². The monoisotopic (exact) mass is 255 g/mol. The molecule has 0 radical (unpaired) electrons. The van der Waals surface area contributed by atoms with E-state index in [-0.39, 0.29) is 0 Å². The van der Waals surface area contributed by atoms with Gasteiger partial charge in [0, 0.05) is 18.9 Å². The highest BCUT2D eigenvalue weighted by Gasteiger charge is 2.03. The number of rotatable bonds is 5. The maximum absolute atomic E-state index is 4.49. The summed E-state index contributed by atoms with van der Waals surface area (Å²) in [5.41, 5.74) is 1.78. The lowest BCUT2D eigenvalue weighted by Crippen LogP contribution is -2.07. The Bertz CT molecular complexity index is 615. The summed E-state index contributed by atoms with van der Waals surface area (Å²) in [6.07, 6.45) is 6.07. The molecule has 7 nitrogen and oxygen atoms in total. The van der Waals surface area contributed by atoms with Gasteiger partial charge in [0.15, 0.2) is 6.33 Å². The van der Waals surface area contributed by atoms with E-state index in [1.165, 1.54) is 6.33 Å². The summed E-state index contributed by atoms with van der Waals surface area (Å²) in [6, 6.07) is 7.77. The van der Waals surface area contributed by atoms with Crippen molar-refractivity contribution in [3.05, 3.63) is 43.0 Å². The molecule has 0 bridgehead atoms. The fourth-order valence-electron chi connectivity index (χ4n) is 1.80. The van der Waals surface area contributed by atoms with E-state index in [9.17, 15) is 0 Å². The quantitative estimate of drug-likeness (QED) is 0.680. The number of aromatic nitrogens is 7. The highest BCUT2D eigenvalue weighted by atomic mass is 15.6. The molecule has 3 aromatic rings. The van der Waals surface area contributed by atoms with Gasteiger partial charge in [0.1, 0.15) is 5.69 Å². The van der Waals surface area contributed by atoms with E-state index in [1.807, 2.05) is 35.1 Å². The normalized spacial score (nSPS) is 10.7. The number of hydrogen-bond donors (Lipinski definition) is 0. The van der Waals surface area contributed by atoms with Gasteiger partial charge in [-0.15, -0.1) is 10.2 Å². The van der Waals surface area contributed by atoms with E-state index in [1.54, 1.807) is 11.0 Å². The van der Waals surface area contributed by atoms with Crippen LogP contribution in [0.1, 0.15) is 6.42 Å². The number of tetrazole rings is 1. The van der Waals surface area contributed by atoms with Gasteiger partial charge >= 0.3 is 0 Å². The van der Waals surface area contributed by atoms with Crippen molar-refractivity contribution in [2.75, 3.05) is 0 Å². The molecule has 0 unspecified atom stereocenters. The summed E-state index contributed by atoms with van der Waals surface area (Å²) in [4.78, 5) is 5.85. The molecule has 96 valence electrons. The first kappa shape index (κ1) is 11.5. The van der Waals surface area contributed by atoms with Crippen molar-refractivity contribution < 1.29 is 0 Å². The molecular weight excluding hydrogens is 242 g/mol. The minimum Gasteiger partial charge on any atom is -0.272 e. The average Bonchev–Trinajstić information content (AvgIpc) is 3.11. The molecule has 0 aliphatic heterocycles. The summed E-state index contributed by atoms with van der Waals surface area (Å²) < 4.78 is 1.90. The van der Waals surface area contributed by atoms with E-state index < -0.39 is 0 Å². The molecule has 0 N–H and O–H groups in total. The summed E-state index contributed by atoms with van der Waals surface area (Å²) in [7, 11) is 0. The van der Waals surface area contributed by atoms with Crippen LogP contribution in [0.2, 0.25) is 0 Å². The highest BCUT2D eigenvalue weighted by molar-refractivity contribution is 5.52. The standard InChI is InChI=1S/C12H13N7/c1-2-6-13-11(4-1)12-5-9-18(16-12)7-3-8-19-15-10-14-17-19/h1-2,4-6,9-10H,3,7-8H2. The van der Waals surface area contributed by atoms with Crippen LogP contribution in [0.5, 0.6) is 0 Å². The van der Waals surface area contributed by atoms with Crippen molar-refractivity contribution in [2.24, 2.45) is 0 Å². The predicted molar refractivity (Wildman–Crippen MR) is 67.9 cm³/mol. The number of pyridine rings is 1. The van der Waals surface area contributed by atoms with E-state index in [4.69, 9.17) is 0 Å². The van der Waals surface area contributed by atoms with Gasteiger partial charge < -0.3 is 0 Å².